The van der Waals surface area contributed by atoms with Gasteiger partial charge in [-0.3, -0.25) is 9.59 Å². The highest BCUT2D eigenvalue weighted by Gasteiger charge is 2.51. The van der Waals surface area contributed by atoms with Crippen LogP contribution in [-0.4, -0.2) is 66.1 Å². The van der Waals surface area contributed by atoms with Gasteiger partial charge in [0.2, 0.25) is 0 Å². The van der Waals surface area contributed by atoms with Gasteiger partial charge in [-0.05, 0) is 6.42 Å². The lowest BCUT2D eigenvalue weighted by atomic mass is 10.0. The van der Waals surface area contributed by atoms with Crippen LogP contribution < -0.4 is 0 Å². The topological polar surface area (TPSA) is 76.1 Å². The first-order valence-corrected chi connectivity index (χ1v) is 6.05. The lowest BCUT2D eigenvalue weighted by Crippen LogP contribution is -2.51. The van der Waals surface area contributed by atoms with Crippen LogP contribution in [0.2, 0.25) is 0 Å². The van der Waals surface area contributed by atoms with Crippen molar-refractivity contribution in [1.82, 2.24) is 4.90 Å². The molecule has 2 saturated heterocycles. The smallest absolute Gasteiger partial charge is 0.471 e. The van der Waals surface area contributed by atoms with Crippen LogP contribution in [0.15, 0.2) is 0 Å². The predicted octanol–water partition coefficient (Wildman–Crippen LogP) is 0.410. The average Bonchev–Trinajstić information content (AvgIpc) is 2.70. The first-order chi connectivity index (χ1) is 9.22. The summed E-state index contributed by atoms with van der Waals surface area (Å²) in [4.78, 5) is 22.5. The Morgan fingerprint density at radius 1 is 1.40 bits per heavy atom. The van der Waals surface area contributed by atoms with E-state index in [1.54, 1.807) is 0 Å². The zero-order valence-electron chi connectivity index (χ0n) is 10.5. The number of halogens is 3. The van der Waals surface area contributed by atoms with Crippen LogP contribution in [-0.2, 0) is 19.1 Å². The van der Waals surface area contributed by atoms with E-state index < -0.39 is 29.8 Å². The summed E-state index contributed by atoms with van der Waals surface area (Å²) in [7, 11) is 0. The van der Waals surface area contributed by atoms with Gasteiger partial charge in [-0.15, -0.1) is 0 Å². The zero-order chi connectivity index (χ0) is 15.0. The molecule has 1 spiro atoms. The highest BCUT2D eigenvalue weighted by Crippen LogP contribution is 2.33. The Morgan fingerprint density at radius 2 is 2.10 bits per heavy atom. The molecule has 0 aromatic heterocycles. The molecule has 6 nitrogen and oxygen atoms in total. The number of amides is 1. The Bertz CT molecular complexity index is 413. The van der Waals surface area contributed by atoms with Crippen LogP contribution in [0.25, 0.3) is 0 Å². The van der Waals surface area contributed by atoms with Gasteiger partial charge < -0.3 is 19.5 Å². The lowest BCUT2D eigenvalue weighted by molar-refractivity contribution is -0.203. The van der Waals surface area contributed by atoms with Gasteiger partial charge in [-0.2, -0.15) is 13.2 Å². The van der Waals surface area contributed by atoms with Crippen molar-refractivity contribution in [3.8, 4) is 0 Å². The summed E-state index contributed by atoms with van der Waals surface area (Å²) >= 11 is 0. The van der Waals surface area contributed by atoms with E-state index in [2.05, 4.69) is 0 Å². The second-order valence-corrected chi connectivity index (χ2v) is 5.01. The summed E-state index contributed by atoms with van der Waals surface area (Å²) in [5, 5.41) is 8.70. The molecule has 0 saturated carbocycles. The molecule has 114 valence electrons. The number of likely N-dealkylation sites (tertiary alicyclic amines) is 1. The second kappa shape index (κ2) is 5.21. The maximum absolute atomic E-state index is 12.4. The van der Waals surface area contributed by atoms with Crippen molar-refractivity contribution in [2.24, 2.45) is 0 Å². The van der Waals surface area contributed by atoms with E-state index >= 15 is 0 Å². The number of carboxylic acids is 1. The highest BCUT2D eigenvalue weighted by molar-refractivity contribution is 5.82. The number of carbonyl (C=O) groups is 2. The Morgan fingerprint density at radius 3 is 2.70 bits per heavy atom. The van der Waals surface area contributed by atoms with Gasteiger partial charge in [0.25, 0.3) is 0 Å². The van der Waals surface area contributed by atoms with Gasteiger partial charge >= 0.3 is 18.1 Å². The maximum Gasteiger partial charge on any atom is 0.471 e. The molecule has 0 aromatic carbocycles. The highest BCUT2D eigenvalue weighted by atomic mass is 19.4. The molecule has 2 unspecified atom stereocenters. The van der Waals surface area contributed by atoms with Gasteiger partial charge in [0.15, 0.2) is 0 Å². The van der Waals surface area contributed by atoms with Crippen LogP contribution in [0, 0.1) is 0 Å². The summed E-state index contributed by atoms with van der Waals surface area (Å²) in [5.41, 5.74) is -1.03. The van der Waals surface area contributed by atoms with Crippen molar-refractivity contribution in [2.75, 3.05) is 26.3 Å². The molecular weight excluding hydrogens is 283 g/mol. The molecule has 0 bridgehead atoms. The summed E-state index contributed by atoms with van der Waals surface area (Å²) in [6.07, 6.45) is -5.70. The van der Waals surface area contributed by atoms with Crippen LogP contribution in [0.4, 0.5) is 13.2 Å². The number of alkyl halides is 3. The largest absolute Gasteiger partial charge is 0.481 e. The van der Waals surface area contributed by atoms with Crippen molar-refractivity contribution in [1.29, 1.82) is 0 Å². The van der Waals surface area contributed by atoms with Gasteiger partial charge in [0.05, 0.1) is 32.3 Å². The first-order valence-electron chi connectivity index (χ1n) is 6.05. The molecule has 9 heteroatoms. The van der Waals surface area contributed by atoms with Crippen LogP contribution in [0.3, 0.4) is 0 Å². The normalized spacial score (nSPS) is 30.8. The molecule has 2 aliphatic heterocycles. The Kier molecular flexibility index (Phi) is 3.92. The van der Waals surface area contributed by atoms with Crippen LogP contribution >= 0.6 is 0 Å². The van der Waals surface area contributed by atoms with E-state index in [1.165, 1.54) is 0 Å². The summed E-state index contributed by atoms with van der Waals surface area (Å²) in [5.74, 6) is -2.98. The molecule has 0 radical (unpaired) electrons. The fourth-order valence-electron chi connectivity index (χ4n) is 2.50. The average molecular weight is 297 g/mol. The summed E-state index contributed by atoms with van der Waals surface area (Å²) in [6.45, 7) is -0.172. The second-order valence-electron chi connectivity index (χ2n) is 5.01. The third-order valence-corrected chi connectivity index (χ3v) is 3.33. The Labute approximate surface area is 112 Å². The first kappa shape index (κ1) is 15.0. The molecular formula is C11H14F3NO5. The minimum atomic E-state index is -4.92. The van der Waals surface area contributed by atoms with E-state index in [9.17, 15) is 22.8 Å². The summed E-state index contributed by atoms with van der Waals surface area (Å²) < 4.78 is 47.9. The van der Waals surface area contributed by atoms with Gasteiger partial charge in [0, 0.05) is 6.54 Å². The fraction of sp³-hybridized carbons (Fsp3) is 0.818. The van der Waals surface area contributed by atoms with Crippen molar-refractivity contribution in [3.05, 3.63) is 0 Å². The monoisotopic (exact) mass is 297 g/mol. The molecule has 1 N–H and O–H groups in total. The van der Waals surface area contributed by atoms with E-state index in [0.29, 0.717) is 4.90 Å². The van der Waals surface area contributed by atoms with E-state index in [-0.39, 0.29) is 39.1 Å². The minimum Gasteiger partial charge on any atom is -0.481 e. The van der Waals surface area contributed by atoms with Gasteiger partial charge in [0.1, 0.15) is 5.60 Å². The molecule has 2 rings (SSSR count). The van der Waals surface area contributed by atoms with Gasteiger partial charge in [-0.25, -0.2) is 0 Å². The molecule has 2 heterocycles. The fourth-order valence-corrected chi connectivity index (χ4v) is 2.50. The predicted molar refractivity (Wildman–Crippen MR) is 57.9 cm³/mol. The molecule has 2 atom stereocenters. The number of hydrogen-bond donors (Lipinski definition) is 1. The number of carboxylic acid groups (broad SMARTS) is 1. The standard InChI is InChI=1S/C11H14F3NO5/c12-11(13,14)9(18)15-2-1-10(5-15)6-19-4-7(20-10)3-8(16)17/h7H,1-6H2,(H,16,17). The molecule has 0 aliphatic carbocycles. The minimum absolute atomic E-state index is 0.0603. The number of carbonyl (C=O) groups excluding carboxylic acids is 1. The maximum atomic E-state index is 12.4. The molecule has 2 fully saturated rings. The van der Waals surface area contributed by atoms with E-state index in [1.807, 2.05) is 0 Å². The van der Waals surface area contributed by atoms with E-state index in [0.717, 1.165) is 0 Å². The van der Waals surface area contributed by atoms with Crippen LogP contribution in [0.1, 0.15) is 12.8 Å². The zero-order valence-corrected chi connectivity index (χ0v) is 10.5. The van der Waals surface area contributed by atoms with Crippen molar-refractivity contribution in [3.63, 3.8) is 0 Å². The number of ether oxygens (including phenoxy) is 2. The number of rotatable bonds is 2. The molecule has 0 aromatic rings. The molecule has 1 amide bonds. The molecule has 2 aliphatic rings. The Hall–Kier alpha value is -1.35. The van der Waals surface area contributed by atoms with Crippen LogP contribution in [0.5, 0.6) is 0 Å². The Balaban J connectivity index is 1.99. The van der Waals surface area contributed by atoms with Crippen molar-refractivity contribution >= 4 is 11.9 Å². The number of nitrogens with zero attached hydrogens (tertiary/aromatic N) is 1. The lowest BCUT2D eigenvalue weighted by Gasteiger charge is -2.37. The number of aliphatic carboxylic acids is 1. The number of hydrogen-bond acceptors (Lipinski definition) is 4. The van der Waals surface area contributed by atoms with E-state index in [4.69, 9.17) is 14.6 Å². The molecule has 20 heavy (non-hydrogen) atoms. The summed E-state index contributed by atoms with van der Waals surface area (Å²) in [6, 6.07) is 0. The van der Waals surface area contributed by atoms with Gasteiger partial charge in [-0.1, -0.05) is 0 Å². The van der Waals surface area contributed by atoms with Crippen molar-refractivity contribution < 1.29 is 37.3 Å². The van der Waals surface area contributed by atoms with Crippen molar-refractivity contribution in [2.45, 2.75) is 30.7 Å². The third-order valence-electron chi connectivity index (χ3n) is 3.33. The SMILES string of the molecule is O=C(O)CC1COCC2(CCN(C(=O)C(F)(F)F)C2)O1. The third kappa shape index (κ3) is 3.21. The quantitative estimate of drug-likeness (QED) is 0.799.